The first-order valence-corrected chi connectivity index (χ1v) is 8.89. The summed E-state index contributed by atoms with van der Waals surface area (Å²) >= 11 is 0. The van der Waals surface area contributed by atoms with E-state index in [0.29, 0.717) is 18.1 Å². The first-order valence-electron chi connectivity index (χ1n) is 8.89. The zero-order valence-corrected chi connectivity index (χ0v) is 15.1. The summed E-state index contributed by atoms with van der Waals surface area (Å²) in [5.41, 5.74) is 2.14. The maximum absolute atomic E-state index is 13.4. The number of fused-ring (bicyclic) bond motifs is 1. The minimum absolute atomic E-state index is 0.0737. The molecule has 1 amide bonds. The molecule has 1 fully saturated rings. The van der Waals surface area contributed by atoms with Crippen LogP contribution in [0.4, 0.5) is 20.3 Å². The Hall–Kier alpha value is -2.83. The molecule has 0 spiro atoms. The third kappa shape index (κ3) is 3.41. The van der Waals surface area contributed by atoms with E-state index in [1.807, 2.05) is 0 Å². The number of nitrogens with zero attached hydrogens (tertiary/aromatic N) is 2. The van der Waals surface area contributed by atoms with Crippen LogP contribution < -0.4 is 10.6 Å². The van der Waals surface area contributed by atoms with E-state index < -0.39 is 11.6 Å². The lowest BCUT2D eigenvalue weighted by Crippen LogP contribution is -2.52. The molecule has 140 valence electrons. The van der Waals surface area contributed by atoms with Gasteiger partial charge in [0.25, 0.3) is 5.91 Å². The van der Waals surface area contributed by atoms with Gasteiger partial charge >= 0.3 is 0 Å². The zero-order valence-electron chi connectivity index (χ0n) is 15.1. The first kappa shape index (κ1) is 17.6. The smallest absolute Gasteiger partial charge is 0.270 e. The first-order chi connectivity index (χ1) is 12.8. The summed E-state index contributed by atoms with van der Waals surface area (Å²) in [4.78, 5) is 21.5. The second-order valence-electron chi connectivity index (χ2n) is 7.73. The minimum atomic E-state index is -0.689. The normalized spacial score (nSPS) is 19.3. The van der Waals surface area contributed by atoms with Crippen LogP contribution in [0.5, 0.6) is 0 Å². The van der Waals surface area contributed by atoms with Gasteiger partial charge in [-0.15, -0.1) is 0 Å². The highest BCUT2D eigenvalue weighted by Gasteiger charge is 2.39. The van der Waals surface area contributed by atoms with Crippen LogP contribution in [-0.2, 0) is 6.54 Å². The van der Waals surface area contributed by atoms with E-state index >= 15 is 0 Å². The number of carbonyl (C=O) groups excluding carboxylic acids is 1. The number of anilines is 2. The molecule has 1 aromatic heterocycles. The Bertz CT molecular complexity index is 935. The number of aromatic nitrogens is 1. The van der Waals surface area contributed by atoms with E-state index in [1.54, 1.807) is 12.3 Å². The molecule has 1 atom stereocenters. The molecule has 2 aliphatic rings. The molecule has 2 N–H and O–H groups in total. The lowest BCUT2D eigenvalue weighted by molar-refractivity contribution is 0.0727. The van der Waals surface area contributed by atoms with E-state index in [1.165, 1.54) is 12.1 Å². The van der Waals surface area contributed by atoms with Crippen molar-refractivity contribution in [3.63, 3.8) is 0 Å². The van der Waals surface area contributed by atoms with Crippen molar-refractivity contribution in [1.29, 1.82) is 0 Å². The topological polar surface area (TPSA) is 66.4 Å². The van der Waals surface area contributed by atoms with E-state index in [-0.39, 0.29) is 23.1 Å². The molecule has 1 aromatic carbocycles. The molecule has 5 nitrogen and oxygen atoms in total. The van der Waals surface area contributed by atoms with Crippen LogP contribution in [0.15, 0.2) is 29.3 Å². The number of benzene rings is 1. The highest BCUT2D eigenvalue weighted by molar-refractivity contribution is 5.99. The molecule has 0 radical (unpaired) electrons. The Morgan fingerprint density at radius 2 is 1.93 bits per heavy atom. The summed E-state index contributed by atoms with van der Waals surface area (Å²) in [6.07, 6.45) is 3.69. The SMILES string of the molecule is CC1(C)CCC1NC(=O)c1nc(Nc2cc(F)cc(F)c2)cc2c1CN=C2. The number of nitrogens with one attached hydrogen (secondary N) is 2. The largest absolute Gasteiger partial charge is 0.347 e. The van der Waals surface area contributed by atoms with Gasteiger partial charge in [-0.2, -0.15) is 0 Å². The van der Waals surface area contributed by atoms with Crippen LogP contribution in [0, 0.1) is 17.0 Å². The average Bonchev–Trinajstić information content (AvgIpc) is 3.05. The van der Waals surface area contributed by atoms with Crippen LogP contribution in [0.25, 0.3) is 0 Å². The predicted molar refractivity (Wildman–Crippen MR) is 99.4 cm³/mol. The summed E-state index contributed by atoms with van der Waals surface area (Å²) < 4.78 is 26.9. The van der Waals surface area contributed by atoms with Crippen molar-refractivity contribution in [2.24, 2.45) is 10.4 Å². The third-order valence-electron chi connectivity index (χ3n) is 5.31. The van der Waals surface area contributed by atoms with Crippen molar-refractivity contribution < 1.29 is 13.6 Å². The molecule has 27 heavy (non-hydrogen) atoms. The highest BCUT2D eigenvalue weighted by atomic mass is 19.1. The van der Waals surface area contributed by atoms with Gasteiger partial charge in [0.05, 0.1) is 6.54 Å². The predicted octanol–water partition coefficient (Wildman–Crippen LogP) is 3.95. The van der Waals surface area contributed by atoms with Gasteiger partial charge in [-0.05, 0) is 36.5 Å². The van der Waals surface area contributed by atoms with Crippen molar-refractivity contribution in [3.8, 4) is 0 Å². The third-order valence-corrected chi connectivity index (χ3v) is 5.31. The maximum atomic E-state index is 13.4. The minimum Gasteiger partial charge on any atom is -0.347 e. The Labute approximate surface area is 155 Å². The van der Waals surface area contributed by atoms with Crippen LogP contribution >= 0.6 is 0 Å². The highest BCUT2D eigenvalue weighted by Crippen LogP contribution is 2.40. The lowest BCUT2D eigenvalue weighted by Gasteiger charge is -2.44. The standard InChI is InChI=1S/C20H20F2N4O/c1-20(2)4-3-16(20)25-19(27)18-15-10-23-9-11(15)5-17(26-18)24-14-7-12(21)6-13(22)8-14/h5-9,16H,3-4,10H2,1-2H3,(H,24,26)(H,25,27). The zero-order chi connectivity index (χ0) is 19.2. The number of aliphatic imine (C=N–C) groups is 1. The summed E-state index contributed by atoms with van der Waals surface area (Å²) in [7, 11) is 0. The second kappa shape index (κ2) is 6.40. The summed E-state index contributed by atoms with van der Waals surface area (Å²) in [5.74, 6) is -1.29. The van der Waals surface area contributed by atoms with Crippen LogP contribution in [-0.4, -0.2) is 23.1 Å². The van der Waals surface area contributed by atoms with Crippen molar-refractivity contribution in [2.75, 3.05) is 5.32 Å². The monoisotopic (exact) mass is 370 g/mol. The Kier molecular flexibility index (Phi) is 4.17. The number of carbonyl (C=O) groups is 1. The molecule has 1 saturated carbocycles. The van der Waals surface area contributed by atoms with E-state index in [4.69, 9.17) is 0 Å². The van der Waals surface area contributed by atoms with Gasteiger partial charge in [0, 0.05) is 35.1 Å². The van der Waals surface area contributed by atoms with Gasteiger partial charge in [0.15, 0.2) is 0 Å². The summed E-state index contributed by atoms with van der Waals surface area (Å²) in [5, 5.41) is 5.93. The molecule has 1 aliphatic heterocycles. The maximum Gasteiger partial charge on any atom is 0.270 e. The number of halogens is 2. The van der Waals surface area contributed by atoms with Crippen LogP contribution in [0.2, 0.25) is 0 Å². The summed E-state index contributed by atoms with van der Waals surface area (Å²) in [6.45, 7) is 4.64. The molecular weight excluding hydrogens is 350 g/mol. The molecule has 2 aromatic rings. The van der Waals surface area contributed by atoms with Crippen molar-refractivity contribution in [1.82, 2.24) is 10.3 Å². The fourth-order valence-electron chi connectivity index (χ4n) is 3.49. The van der Waals surface area contributed by atoms with Crippen molar-refractivity contribution in [3.05, 3.63) is 52.7 Å². The van der Waals surface area contributed by atoms with Gasteiger partial charge in [-0.25, -0.2) is 13.8 Å². The average molecular weight is 370 g/mol. The van der Waals surface area contributed by atoms with Gasteiger partial charge in [-0.1, -0.05) is 13.8 Å². The molecule has 1 aliphatic carbocycles. The number of amides is 1. The molecule has 1 unspecified atom stereocenters. The Morgan fingerprint density at radius 1 is 1.19 bits per heavy atom. The van der Waals surface area contributed by atoms with Gasteiger partial charge < -0.3 is 10.6 Å². The molecule has 2 heterocycles. The number of hydrogen-bond acceptors (Lipinski definition) is 4. The van der Waals surface area contributed by atoms with Crippen LogP contribution in [0.1, 0.15) is 48.3 Å². The van der Waals surface area contributed by atoms with E-state index in [2.05, 4.69) is 34.5 Å². The molecule has 0 saturated heterocycles. The van der Waals surface area contributed by atoms with Crippen molar-refractivity contribution >= 4 is 23.6 Å². The Morgan fingerprint density at radius 3 is 2.56 bits per heavy atom. The fraction of sp³-hybridized carbons (Fsp3) is 0.350. The van der Waals surface area contributed by atoms with E-state index in [0.717, 1.165) is 30.0 Å². The van der Waals surface area contributed by atoms with Gasteiger partial charge in [0.1, 0.15) is 23.1 Å². The van der Waals surface area contributed by atoms with Gasteiger partial charge in [0.2, 0.25) is 0 Å². The molecular formula is C20H20F2N4O. The Balaban J connectivity index is 1.63. The summed E-state index contributed by atoms with van der Waals surface area (Å²) in [6, 6.07) is 4.97. The van der Waals surface area contributed by atoms with Crippen molar-refractivity contribution in [2.45, 2.75) is 39.3 Å². The molecule has 7 heteroatoms. The van der Waals surface area contributed by atoms with E-state index in [9.17, 15) is 13.6 Å². The number of hydrogen-bond donors (Lipinski definition) is 2. The van der Waals surface area contributed by atoms with Crippen LogP contribution in [0.3, 0.4) is 0 Å². The number of rotatable bonds is 4. The fourth-order valence-corrected chi connectivity index (χ4v) is 3.49. The molecule has 4 rings (SSSR count). The number of pyridine rings is 1. The second-order valence-corrected chi connectivity index (χ2v) is 7.73. The lowest BCUT2D eigenvalue weighted by atomic mass is 9.67. The van der Waals surface area contributed by atoms with Gasteiger partial charge in [-0.3, -0.25) is 9.79 Å². The quantitative estimate of drug-likeness (QED) is 0.856. The molecule has 0 bridgehead atoms.